The highest BCUT2D eigenvalue weighted by atomic mass is 16.8. The summed E-state index contributed by atoms with van der Waals surface area (Å²) in [6, 6.07) is 0. The van der Waals surface area contributed by atoms with Crippen LogP contribution < -0.4 is 0 Å². The van der Waals surface area contributed by atoms with Crippen molar-refractivity contribution in [1.29, 1.82) is 0 Å². The van der Waals surface area contributed by atoms with E-state index in [1.807, 2.05) is 0 Å². The van der Waals surface area contributed by atoms with Gasteiger partial charge in [-0.2, -0.15) is 0 Å². The monoisotopic (exact) mass is 255 g/mol. The number of carbonyl (C=O) groups is 2. The summed E-state index contributed by atoms with van der Waals surface area (Å²) >= 11 is 0. The van der Waals surface area contributed by atoms with Crippen LogP contribution in [0.3, 0.4) is 0 Å². The van der Waals surface area contributed by atoms with Crippen LogP contribution in [0.15, 0.2) is 16.9 Å². The molecule has 0 aliphatic carbocycles. The minimum Gasteiger partial charge on any atom is -0.467 e. The van der Waals surface area contributed by atoms with E-state index in [0.717, 1.165) is 0 Å². The summed E-state index contributed by atoms with van der Waals surface area (Å²) in [6.07, 6.45) is -0.266. The molecule has 0 bridgehead atoms. The summed E-state index contributed by atoms with van der Waals surface area (Å²) in [4.78, 5) is 24.6. The first-order chi connectivity index (χ1) is 8.43. The van der Waals surface area contributed by atoms with E-state index in [4.69, 9.17) is 15.0 Å². The maximum Gasteiger partial charge on any atom is 0.338 e. The largest absolute Gasteiger partial charge is 0.467 e. The van der Waals surface area contributed by atoms with Gasteiger partial charge in [0.2, 0.25) is 0 Å². The van der Waals surface area contributed by atoms with Gasteiger partial charge in [-0.05, 0) is 25.5 Å². The summed E-state index contributed by atoms with van der Waals surface area (Å²) < 4.78 is 15.3. The number of azide groups is 1. The van der Waals surface area contributed by atoms with Crippen LogP contribution in [0.2, 0.25) is 0 Å². The molecule has 98 valence electrons. The Morgan fingerprint density at radius 1 is 1.50 bits per heavy atom. The molecule has 0 amide bonds. The third-order valence-corrected chi connectivity index (χ3v) is 2.18. The number of hydrogen-bond donors (Lipinski definition) is 0. The lowest BCUT2D eigenvalue weighted by Crippen LogP contribution is -2.31. The average molecular weight is 255 g/mol. The second kappa shape index (κ2) is 5.63. The number of esters is 1. The number of aldehydes is 1. The molecule has 8 heteroatoms. The minimum atomic E-state index is -1.01. The van der Waals surface area contributed by atoms with Gasteiger partial charge in [-0.1, -0.05) is 5.11 Å². The summed E-state index contributed by atoms with van der Waals surface area (Å²) in [5, 5.41) is 3.16. The van der Waals surface area contributed by atoms with Crippen LogP contribution in [0.1, 0.15) is 13.8 Å². The molecular formula is C10H13N3O5. The molecule has 1 saturated heterocycles. The van der Waals surface area contributed by atoms with Gasteiger partial charge in [0.1, 0.15) is 6.10 Å². The Morgan fingerprint density at radius 3 is 2.67 bits per heavy atom. The minimum absolute atomic E-state index is 0.183. The van der Waals surface area contributed by atoms with Crippen molar-refractivity contribution in [2.45, 2.75) is 31.8 Å². The van der Waals surface area contributed by atoms with Crippen molar-refractivity contribution >= 4 is 12.3 Å². The average Bonchev–Trinajstić information content (AvgIpc) is 2.62. The normalized spacial score (nSPS) is 26.3. The van der Waals surface area contributed by atoms with Crippen molar-refractivity contribution in [3.63, 3.8) is 0 Å². The Labute approximate surface area is 103 Å². The number of allylic oxidation sites excluding steroid dienone is 1. The number of nitrogens with zero attached hydrogens (tertiary/aromatic N) is 3. The Bertz CT molecular complexity index is 425. The van der Waals surface area contributed by atoms with E-state index >= 15 is 0 Å². The Hall–Kier alpha value is -1.89. The molecule has 0 aromatic heterocycles. The molecule has 8 nitrogen and oxygen atoms in total. The predicted octanol–water partition coefficient (Wildman–Crippen LogP) is 1.07. The van der Waals surface area contributed by atoms with Gasteiger partial charge < -0.3 is 14.2 Å². The second-order valence-electron chi connectivity index (χ2n) is 3.94. The number of methoxy groups -OCH3 is 1. The predicted molar refractivity (Wildman–Crippen MR) is 59.1 cm³/mol. The Morgan fingerprint density at radius 2 is 2.17 bits per heavy atom. The van der Waals surface area contributed by atoms with Crippen molar-refractivity contribution in [3.05, 3.63) is 22.2 Å². The van der Waals surface area contributed by atoms with Gasteiger partial charge in [-0.15, -0.1) is 0 Å². The maximum atomic E-state index is 11.5. The van der Waals surface area contributed by atoms with E-state index in [1.165, 1.54) is 13.2 Å². The van der Waals surface area contributed by atoms with Crippen molar-refractivity contribution in [1.82, 2.24) is 0 Å². The second-order valence-corrected chi connectivity index (χ2v) is 3.94. The van der Waals surface area contributed by atoms with E-state index in [1.54, 1.807) is 13.8 Å². The van der Waals surface area contributed by atoms with E-state index in [2.05, 4.69) is 14.8 Å². The molecule has 0 radical (unpaired) electrons. The van der Waals surface area contributed by atoms with Gasteiger partial charge in [0, 0.05) is 4.91 Å². The van der Waals surface area contributed by atoms with Crippen molar-refractivity contribution in [2.75, 3.05) is 7.11 Å². The SMILES string of the molecule is COC(=O)[C@H]1OC(C)(C)O[C@H]1/C=C(/C=O)N=[N+]=[N-]. The molecular weight excluding hydrogens is 242 g/mol. The zero-order valence-electron chi connectivity index (χ0n) is 10.2. The molecule has 0 unspecified atom stereocenters. The molecule has 0 aromatic rings. The first-order valence-corrected chi connectivity index (χ1v) is 5.09. The maximum absolute atomic E-state index is 11.5. The van der Waals surface area contributed by atoms with Gasteiger partial charge in [0.05, 0.1) is 12.8 Å². The number of carbonyl (C=O) groups excluding carboxylic acids is 2. The molecule has 0 saturated carbocycles. The molecule has 2 atom stereocenters. The molecule has 0 aromatic carbocycles. The molecule has 1 fully saturated rings. The Kier molecular flexibility index (Phi) is 4.43. The summed E-state index contributed by atoms with van der Waals surface area (Å²) in [5.41, 5.74) is 8.08. The van der Waals surface area contributed by atoms with Crippen LogP contribution in [0.4, 0.5) is 0 Å². The molecule has 1 aliphatic heterocycles. The van der Waals surface area contributed by atoms with E-state index in [9.17, 15) is 9.59 Å². The zero-order chi connectivity index (χ0) is 13.8. The lowest BCUT2D eigenvalue weighted by atomic mass is 10.2. The van der Waals surface area contributed by atoms with E-state index < -0.39 is 24.0 Å². The number of hydrogen-bond acceptors (Lipinski definition) is 6. The van der Waals surface area contributed by atoms with Crippen LogP contribution in [0.5, 0.6) is 0 Å². The van der Waals surface area contributed by atoms with Crippen molar-refractivity contribution < 1.29 is 23.8 Å². The summed E-state index contributed by atoms with van der Waals surface area (Å²) in [7, 11) is 1.21. The fourth-order valence-electron chi connectivity index (χ4n) is 1.53. The third-order valence-electron chi connectivity index (χ3n) is 2.18. The van der Waals surface area contributed by atoms with Crippen molar-refractivity contribution in [2.24, 2.45) is 5.11 Å². The molecule has 18 heavy (non-hydrogen) atoms. The van der Waals surface area contributed by atoms with Crippen LogP contribution in [0, 0.1) is 0 Å². The van der Waals surface area contributed by atoms with Gasteiger partial charge in [0.15, 0.2) is 18.2 Å². The highest BCUT2D eigenvalue weighted by molar-refractivity contribution is 5.77. The first-order valence-electron chi connectivity index (χ1n) is 5.09. The zero-order valence-corrected chi connectivity index (χ0v) is 10.2. The van der Waals surface area contributed by atoms with Crippen molar-refractivity contribution in [3.8, 4) is 0 Å². The quantitative estimate of drug-likeness (QED) is 0.186. The highest BCUT2D eigenvalue weighted by Gasteiger charge is 2.45. The summed E-state index contributed by atoms with van der Waals surface area (Å²) in [6.45, 7) is 3.23. The smallest absolute Gasteiger partial charge is 0.338 e. The highest BCUT2D eigenvalue weighted by Crippen LogP contribution is 2.30. The van der Waals surface area contributed by atoms with Gasteiger partial charge in [-0.3, -0.25) is 4.79 Å². The topological polar surface area (TPSA) is 111 Å². The molecule has 0 N–H and O–H groups in total. The van der Waals surface area contributed by atoms with Crippen LogP contribution >= 0.6 is 0 Å². The lowest BCUT2D eigenvalue weighted by molar-refractivity contribution is -0.167. The molecule has 1 rings (SSSR count). The molecule has 1 heterocycles. The van der Waals surface area contributed by atoms with Crippen LogP contribution in [-0.4, -0.2) is 37.4 Å². The van der Waals surface area contributed by atoms with Gasteiger partial charge >= 0.3 is 5.97 Å². The lowest BCUT2D eigenvalue weighted by Gasteiger charge is -2.15. The number of rotatable bonds is 4. The first kappa shape index (κ1) is 14.2. The molecule has 0 spiro atoms. The van der Waals surface area contributed by atoms with Crippen LogP contribution in [-0.2, 0) is 23.8 Å². The summed E-state index contributed by atoms with van der Waals surface area (Å²) in [5.74, 6) is -1.63. The van der Waals surface area contributed by atoms with Gasteiger partial charge in [0.25, 0.3) is 0 Å². The standard InChI is InChI=1S/C10H13N3O5/c1-10(2)17-7(4-6(5-14)12-13-11)8(18-10)9(15)16-3/h4-5,7-8H,1-3H3/b6-4-/t7-,8-/m0/s1. The fraction of sp³-hybridized carbons (Fsp3) is 0.600. The fourth-order valence-corrected chi connectivity index (χ4v) is 1.53. The molecule has 1 aliphatic rings. The third kappa shape index (κ3) is 3.30. The number of ether oxygens (including phenoxy) is 3. The van der Waals surface area contributed by atoms with Crippen LogP contribution in [0.25, 0.3) is 10.4 Å². The Balaban J connectivity index is 3.00. The van der Waals surface area contributed by atoms with Gasteiger partial charge in [-0.25, -0.2) is 4.79 Å². The van der Waals surface area contributed by atoms with E-state index in [0.29, 0.717) is 6.29 Å². The van der Waals surface area contributed by atoms with E-state index in [-0.39, 0.29) is 5.70 Å².